The van der Waals surface area contributed by atoms with E-state index in [0.717, 1.165) is 13.1 Å². The van der Waals surface area contributed by atoms with Crippen molar-refractivity contribution in [2.75, 3.05) is 13.1 Å². The van der Waals surface area contributed by atoms with Crippen LogP contribution in [0.2, 0.25) is 0 Å². The number of aryl methyl sites for hydroxylation is 1. The first-order valence-corrected chi connectivity index (χ1v) is 8.09. The highest BCUT2D eigenvalue weighted by Gasteiger charge is 2.57. The molecule has 1 saturated carbocycles. The van der Waals surface area contributed by atoms with Crippen molar-refractivity contribution in [3.63, 3.8) is 0 Å². The maximum atomic E-state index is 12.6. The van der Waals surface area contributed by atoms with Gasteiger partial charge in [0.2, 0.25) is 5.91 Å². The van der Waals surface area contributed by atoms with E-state index in [1.165, 1.54) is 16.8 Å². The van der Waals surface area contributed by atoms with Gasteiger partial charge >= 0.3 is 0 Å². The topological polar surface area (TPSA) is 45.5 Å². The molecule has 2 aliphatic rings. The van der Waals surface area contributed by atoms with Crippen LogP contribution in [-0.2, 0) is 10.3 Å². The zero-order valence-electron chi connectivity index (χ0n) is 13.4. The Morgan fingerprint density at radius 3 is 2.77 bits per heavy atom. The van der Waals surface area contributed by atoms with E-state index in [1.54, 1.807) is 0 Å². The Bertz CT molecular complexity index is 736. The highest BCUT2D eigenvalue weighted by molar-refractivity contribution is 5.84. The van der Waals surface area contributed by atoms with Crippen LogP contribution in [0.3, 0.4) is 0 Å². The van der Waals surface area contributed by atoms with Crippen LogP contribution in [0.4, 0.5) is 0 Å². The second-order valence-electron chi connectivity index (χ2n) is 7.28. The molecule has 0 bridgehead atoms. The Balaban J connectivity index is 1.61. The average molecular weight is 297 g/mol. The smallest absolute Gasteiger partial charge is 0.224 e. The van der Waals surface area contributed by atoms with Crippen LogP contribution in [0.15, 0.2) is 30.5 Å². The van der Waals surface area contributed by atoms with E-state index in [4.69, 9.17) is 0 Å². The van der Waals surface area contributed by atoms with E-state index >= 15 is 0 Å². The summed E-state index contributed by atoms with van der Waals surface area (Å²) in [6.07, 6.45) is 2.07. The zero-order chi connectivity index (χ0) is 15.5. The predicted octanol–water partition coefficient (Wildman–Crippen LogP) is 2.06. The summed E-state index contributed by atoms with van der Waals surface area (Å²) in [5, 5.41) is 6.63. The summed E-state index contributed by atoms with van der Waals surface area (Å²) in [5.74, 6) is 1.55. The third-order valence-corrected chi connectivity index (χ3v) is 5.37. The molecule has 3 atom stereocenters. The lowest BCUT2D eigenvalue weighted by Gasteiger charge is -2.27. The van der Waals surface area contributed by atoms with Crippen molar-refractivity contribution in [2.45, 2.75) is 26.3 Å². The number of aromatic nitrogens is 1. The van der Waals surface area contributed by atoms with Crippen molar-refractivity contribution in [1.29, 1.82) is 0 Å². The fourth-order valence-electron chi connectivity index (χ4n) is 4.09. The van der Waals surface area contributed by atoms with Crippen LogP contribution in [0.5, 0.6) is 0 Å². The van der Waals surface area contributed by atoms with E-state index in [9.17, 15) is 4.79 Å². The first-order valence-electron chi connectivity index (χ1n) is 8.09. The second-order valence-corrected chi connectivity index (χ2v) is 7.28. The van der Waals surface area contributed by atoms with Crippen LogP contribution >= 0.6 is 0 Å². The van der Waals surface area contributed by atoms with Crippen LogP contribution in [0, 0.1) is 24.7 Å². The fraction of sp³-hybridized carbons (Fsp3) is 0.500. The number of hydrogen-bond donors (Lipinski definition) is 2. The van der Waals surface area contributed by atoms with Crippen molar-refractivity contribution in [3.05, 3.63) is 41.7 Å². The molecule has 4 heteroatoms. The second kappa shape index (κ2) is 4.59. The highest BCUT2D eigenvalue weighted by Crippen LogP contribution is 2.49. The number of pyridine rings is 1. The summed E-state index contributed by atoms with van der Waals surface area (Å²) in [6.45, 7) is 8.30. The number of hydrogen-bond acceptors (Lipinski definition) is 2. The number of nitrogens with zero attached hydrogens (tertiary/aromatic N) is 1. The summed E-state index contributed by atoms with van der Waals surface area (Å²) in [7, 11) is 0. The number of fused-ring (bicyclic) bond motifs is 2. The quantitative estimate of drug-likeness (QED) is 0.911. The fourth-order valence-corrected chi connectivity index (χ4v) is 4.09. The summed E-state index contributed by atoms with van der Waals surface area (Å²) >= 11 is 0. The summed E-state index contributed by atoms with van der Waals surface area (Å²) < 4.78 is 2.18. The van der Waals surface area contributed by atoms with Gasteiger partial charge in [-0.25, -0.2) is 0 Å². The van der Waals surface area contributed by atoms with Gasteiger partial charge in [0.25, 0.3) is 0 Å². The molecule has 2 fully saturated rings. The van der Waals surface area contributed by atoms with Gasteiger partial charge in [-0.15, -0.1) is 0 Å². The van der Waals surface area contributed by atoms with E-state index in [0.29, 0.717) is 11.8 Å². The first-order chi connectivity index (χ1) is 10.5. The number of amides is 1. The number of piperidine rings is 1. The van der Waals surface area contributed by atoms with E-state index in [2.05, 4.69) is 54.1 Å². The maximum Gasteiger partial charge on any atom is 0.224 e. The van der Waals surface area contributed by atoms with Crippen LogP contribution in [0.1, 0.15) is 25.1 Å². The molecule has 0 spiro atoms. The van der Waals surface area contributed by atoms with Crippen molar-refractivity contribution in [1.82, 2.24) is 15.0 Å². The molecule has 1 aliphatic heterocycles. The molecule has 1 saturated heterocycles. The van der Waals surface area contributed by atoms with Gasteiger partial charge in [0.15, 0.2) is 0 Å². The van der Waals surface area contributed by atoms with Gasteiger partial charge in [-0.2, -0.15) is 0 Å². The summed E-state index contributed by atoms with van der Waals surface area (Å²) in [5.41, 5.74) is 3.19. The summed E-state index contributed by atoms with van der Waals surface area (Å²) in [4.78, 5) is 12.6. The third-order valence-electron chi connectivity index (χ3n) is 5.37. The van der Waals surface area contributed by atoms with E-state index in [1.807, 2.05) is 12.1 Å². The molecule has 116 valence electrons. The van der Waals surface area contributed by atoms with Gasteiger partial charge in [-0.05, 0) is 63.9 Å². The number of carbonyl (C=O) groups excluding carboxylic acids is 1. The monoisotopic (exact) mass is 297 g/mol. The van der Waals surface area contributed by atoms with Crippen molar-refractivity contribution < 1.29 is 4.79 Å². The molecule has 2 aromatic rings. The molecule has 2 aromatic heterocycles. The minimum absolute atomic E-state index is 0.217. The minimum atomic E-state index is -0.359. The Hall–Kier alpha value is -1.81. The predicted molar refractivity (Wildman–Crippen MR) is 86.6 cm³/mol. The van der Waals surface area contributed by atoms with Crippen LogP contribution in [0.25, 0.3) is 5.52 Å². The van der Waals surface area contributed by atoms with Gasteiger partial charge in [0.05, 0.1) is 11.1 Å². The normalized spacial score (nSPS) is 27.0. The number of carbonyl (C=O) groups is 1. The average Bonchev–Trinajstić information content (AvgIpc) is 2.82. The SMILES string of the molecule is Cc1cc(C(C)(C)NC(=O)[C@H]2[C@@H]3CNC[C@@H]32)c2ccccn12. The molecule has 0 aromatic carbocycles. The highest BCUT2D eigenvalue weighted by atomic mass is 16.2. The van der Waals surface area contributed by atoms with Crippen molar-refractivity contribution in [2.24, 2.45) is 17.8 Å². The lowest BCUT2D eigenvalue weighted by molar-refractivity contribution is -0.124. The molecule has 4 rings (SSSR count). The molecule has 2 N–H and O–H groups in total. The lowest BCUT2D eigenvalue weighted by Crippen LogP contribution is -2.43. The molecular weight excluding hydrogens is 274 g/mol. The van der Waals surface area contributed by atoms with E-state index < -0.39 is 0 Å². The Morgan fingerprint density at radius 1 is 1.32 bits per heavy atom. The van der Waals surface area contributed by atoms with Gasteiger partial charge in [0.1, 0.15) is 0 Å². The van der Waals surface area contributed by atoms with Crippen LogP contribution in [-0.4, -0.2) is 23.4 Å². The van der Waals surface area contributed by atoms with Crippen LogP contribution < -0.4 is 10.6 Å². The van der Waals surface area contributed by atoms with Gasteiger partial charge in [0, 0.05) is 23.4 Å². The first kappa shape index (κ1) is 13.8. The van der Waals surface area contributed by atoms with Crippen molar-refractivity contribution in [3.8, 4) is 0 Å². The summed E-state index contributed by atoms with van der Waals surface area (Å²) in [6, 6.07) is 8.39. The minimum Gasteiger partial charge on any atom is -0.347 e. The molecule has 1 amide bonds. The van der Waals surface area contributed by atoms with Gasteiger partial charge < -0.3 is 15.0 Å². The number of rotatable bonds is 3. The Labute approximate surface area is 130 Å². The van der Waals surface area contributed by atoms with E-state index in [-0.39, 0.29) is 17.4 Å². The largest absolute Gasteiger partial charge is 0.347 e. The molecule has 0 unspecified atom stereocenters. The Morgan fingerprint density at radius 2 is 2.05 bits per heavy atom. The standard InChI is InChI=1S/C18H23N3O/c1-11-8-14(15-6-4-5-7-21(11)15)18(2,3)20-17(22)16-12-9-19-10-13(12)16/h4-8,12-13,16,19H,9-10H2,1-3H3,(H,20,22)/t12-,13+,16+. The molecule has 3 heterocycles. The zero-order valence-corrected chi connectivity index (χ0v) is 13.4. The maximum absolute atomic E-state index is 12.6. The number of nitrogens with one attached hydrogen (secondary N) is 2. The van der Waals surface area contributed by atoms with Crippen molar-refractivity contribution >= 4 is 11.4 Å². The molecule has 0 radical (unpaired) electrons. The molecule has 1 aliphatic carbocycles. The molecular formula is C18H23N3O. The van der Waals surface area contributed by atoms with Gasteiger partial charge in [-0.3, -0.25) is 4.79 Å². The Kier molecular flexibility index (Phi) is 2.89. The molecule has 4 nitrogen and oxygen atoms in total. The lowest BCUT2D eigenvalue weighted by atomic mass is 9.94. The molecule has 22 heavy (non-hydrogen) atoms. The van der Waals surface area contributed by atoms with Gasteiger partial charge in [-0.1, -0.05) is 6.07 Å². The third kappa shape index (κ3) is 1.97.